The molecule has 1 aromatic rings. The Bertz CT molecular complexity index is 381. The van der Waals surface area contributed by atoms with Crippen molar-refractivity contribution >= 4 is 5.91 Å². The van der Waals surface area contributed by atoms with Gasteiger partial charge in [0.1, 0.15) is 11.5 Å². The van der Waals surface area contributed by atoms with E-state index in [1.165, 1.54) is 0 Å². The summed E-state index contributed by atoms with van der Waals surface area (Å²) in [5.74, 6) is 1.77. The Hall–Kier alpha value is -1.29. The summed E-state index contributed by atoms with van der Waals surface area (Å²) in [5.41, 5.74) is 5.71. The number of hydrogen-bond acceptors (Lipinski definition) is 3. The van der Waals surface area contributed by atoms with Crippen molar-refractivity contribution in [2.75, 3.05) is 19.6 Å². The van der Waals surface area contributed by atoms with Crippen LogP contribution in [-0.2, 0) is 11.2 Å². The first-order chi connectivity index (χ1) is 8.20. The van der Waals surface area contributed by atoms with Crippen molar-refractivity contribution in [3.05, 3.63) is 23.7 Å². The molecule has 2 heterocycles. The number of carbonyl (C=O) groups is 1. The molecule has 2 rings (SSSR count). The van der Waals surface area contributed by atoms with Crippen molar-refractivity contribution in [1.82, 2.24) is 4.90 Å². The van der Waals surface area contributed by atoms with E-state index in [-0.39, 0.29) is 11.8 Å². The van der Waals surface area contributed by atoms with Gasteiger partial charge < -0.3 is 15.1 Å². The topological polar surface area (TPSA) is 59.5 Å². The third-order valence-electron chi connectivity index (χ3n) is 3.30. The summed E-state index contributed by atoms with van der Waals surface area (Å²) in [6.07, 6.45) is 2.84. The van der Waals surface area contributed by atoms with E-state index in [0.717, 1.165) is 37.5 Å². The van der Waals surface area contributed by atoms with Crippen LogP contribution < -0.4 is 5.73 Å². The second-order valence-corrected chi connectivity index (χ2v) is 4.68. The van der Waals surface area contributed by atoms with Crippen molar-refractivity contribution < 1.29 is 9.21 Å². The summed E-state index contributed by atoms with van der Waals surface area (Å²) >= 11 is 0. The fourth-order valence-electron chi connectivity index (χ4n) is 2.30. The lowest BCUT2D eigenvalue weighted by Gasteiger charge is -2.21. The van der Waals surface area contributed by atoms with Gasteiger partial charge in [0.05, 0.1) is 5.92 Å². The predicted molar refractivity (Wildman–Crippen MR) is 65.5 cm³/mol. The molecule has 1 amide bonds. The highest BCUT2D eigenvalue weighted by atomic mass is 16.3. The number of nitrogens with two attached hydrogens (primary N) is 1. The van der Waals surface area contributed by atoms with Crippen molar-refractivity contribution in [3.8, 4) is 0 Å². The maximum Gasteiger partial charge on any atom is 0.227 e. The van der Waals surface area contributed by atoms with Crippen LogP contribution in [0.25, 0.3) is 0 Å². The molecule has 17 heavy (non-hydrogen) atoms. The zero-order valence-corrected chi connectivity index (χ0v) is 10.3. The molecular formula is C13H20N2O2. The number of rotatable bonds is 4. The summed E-state index contributed by atoms with van der Waals surface area (Å²) in [4.78, 5) is 14.1. The largest absolute Gasteiger partial charge is 0.466 e. The van der Waals surface area contributed by atoms with Crippen LogP contribution in [0.2, 0.25) is 0 Å². The molecule has 0 aromatic carbocycles. The number of aryl methyl sites for hydroxylation is 1. The lowest BCUT2D eigenvalue weighted by molar-refractivity contribution is -0.134. The van der Waals surface area contributed by atoms with Gasteiger partial charge in [0.2, 0.25) is 5.91 Å². The number of nitrogens with zero attached hydrogens (tertiary/aromatic N) is 1. The average molecular weight is 236 g/mol. The van der Waals surface area contributed by atoms with Gasteiger partial charge in [-0.2, -0.15) is 0 Å². The summed E-state index contributed by atoms with van der Waals surface area (Å²) < 4.78 is 5.50. The highest BCUT2D eigenvalue weighted by Gasteiger charge is 2.26. The van der Waals surface area contributed by atoms with E-state index >= 15 is 0 Å². The Balaban J connectivity index is 1.98. The van der Waals surface area contributed by atoms with E-state index in [0.29, 0.717) is 13.0 Å². The number of carbonyl (C=O) groups excluding carboxylic acids is 1. The van der Waals surface area contributed by atoms with Crippen molar-refractivity contribution in [2.45, 2.75) is 26.2 Å². The zero-order chi connectivity index (χ0) is 12.3. The fraction of sp³-hybridized carbons (Fsp3) is 0.615. The first-order valence-corrected chi connectivity index (χ1v) is 6.25. The van der Waals surface area contributed by atoms with E-state index in [9.17, 15) is 4.79 Å². The Morgan fingerprint density at radius 3 is 2.71 bits per heavy atom. The molecule has 4 heteroatoms. The van der Waals surface area contributed by atoms with Gasteiger partial charge in [-0.1, -0.05) is 0 Å². The third-order valence-corrected chi connectivity index (χ3v) is 3.30. The zero-order valence-electron chi connectivity index (χ0n) is 10.3. The highest BCUT2D eigenvalue weighted by Crippen LogP contribution is 2.17. The van der Waals surface area contributed by atoms with Crippen LogP contribution in [0.4, 0.5) is 0 Å². The minimum atomic E-state index is -0.140. The predicted octanol–water partition coefficient (Wildman–Crippen LogP) is 1.33. The van der Waals surface area contributed by atoms with Gasteiger partial charge in [-0.3, -0.25) is 4.79 Å². The van der Waals surface area contributed by atoms with Gasteiger partial charge in [-0.25, -0.2) is 0 Å². The van der Waals surface area contributed by atoms with Gasteiger partial charge in [-0.15, -0.1) is 0 Å². The van der Waals surface area contributed by atoms with Crippen LogP contribution in [0.5, 0.6) is 0 Å². The van der Waals surface area contributed by atoms with Crippen molar-refractivity contribution in [3.63, 3.8) is 0 Å². The minimum absolute atomic E-state index is 0.140. The number of furan rings is 1. The highest BCUT2D eigenvalue weighted by molar-refractivity contribution is 5.79. The van der Waals surface area contributed by atoms with E-state index in [4.69, 9.17) is 10.2 Å². The number of hydrogen-bond donors (Lipinski definition) is 1. The summed E-state index contributed by atoms with van der Waals surface area (Å²) in [7, 11) is 0. The van der Waals surface area contributed by atoms with E-state index < -0.39 is 0 Å². The Morgan fingerprint density at radius 2 is 2.18 bits per heavy atom. The van der Waals surface area contributed by atoms with Crippen LogP contribution in [-0.4, -0.2) is 30.4 Å². The molecule has 1 aliphatic heterocycles. The molecule has 0 saturated carbocycles. The quantitative estimate of drug-likeness (QED) is 0.858. The van der Waals surface area contributed by atoms with Gasteiger partial charge in [0.25, 0.3) is 0 Å². The SMILES string of the molecule is Cc1ccc(CC(CN)C(=O)N2CCCC2)o1. The second-order valence-electron chi connectivity index (χ2n) is 4.68. The lowest BCUT2D eigenvalue weighted by atomic mass is 10.0. The monoisotopic (exact) mass is 236 g/mol. The minimum Gasteiger partial charge on any atom is -0.466 e. The smallest absolute Gasteiger partial charge is 0.227 e. The first-order valence-electron chi connectivity index (χ1n) is 6.25. The molecule has 0 aliphatic carbocycles. The molecule has 1 fully saturated rings. The summed E-state index contributed by atoms with van der Waals surface area (Å²) in [6, 6.07) is 3.85. The summed E-state index contributed by atoms with van der Waals surface area (Å²) in [5, 5.41) is 0. The van der Waals surface area contributed by atoms with E-state index in [1.54, 1.807) is 0 Å². The van der Waals surface area contributed by atoms with Gasteiger partial charge in [-0.05, 0) is 31.9 Å². The third kappa shape index (κ3) is 2.88. The van der Waals surface area contributed by atoms with Crippen LogP contribution in [0.3, 0.4) is 0 Å². The van der Waals surface area contributed by atoms with Crippen LogP contribution in [0, 0.1) is 12.8 Å². The maximum absolute atomic E-state index is 12.2. The molecule has 0 spiro atoms. The molecule has 94 valence electrons. The van der Waals surface area contributed by atoms with Gasteiger partial charge in [0, 0.05) is 26.1 Å². The lowest BCUT2D eigenvalue weighted by Crippen LogP contribution is -2.38. The summed E-state index contributed by atoms with van der Waals surface area (Å²) in [6.45, 7) is 4.05. The Labute approximate surface area is 102 Å². The molecule has 4 nitrogen and oxygen atoms in total. The standard InChI is InChI=1S/C13H20N2O2/c1-10-4-5-12(17-10)8-11(9-14)13(16)15-6-2-3-7-15/h4-5,11H,2-3,6-9,14H2,1H3. The molecular weight excluding hydrogens is 216 g/mol. The molecule has 1 unspecified atom stereocenters. The van der Waals surface area contributed by atoms with E-state index in [2.05, 4.69) is 0 Å². The molecule has 1 aliphatic rings. The van der Waals surface area contributed by atoms with E-state index in [1.807, 2.05) is 24.0 Å². The van der Waals surface area contributed by atoms with Crippen LogP contribution >= 0.6 is 0 Å². The normalized spacial score (nSPS) is 17.4. The first kappa shape index (κ1) is 12.2. The molecule has 1 atom stereocenters. The molecule has 1 saturated heterocycles. The average Bonchev–Trinajstić information content (AvgIpc) is 2.96. The molecule has 1 aromatic heterocycles. The van der Waals surface area contributed by atoms with Crippen LogP contribution in [0.15, 0.2) is 16.5 Å². The maximum atomic E-state index is 12.2. The van der Waals surface area contributed by atoms with Gasteiger partial charge in [0.15, 0.2) is 0 Å². The fourth-order valence-corrected chi connectivity index (χ4v) is 2.30. The van der Waals surface area contributed by atoms with Crippen molar-refractivity contribution in [2.24, 2.45) is 11.7 Å². The van der Waals surface area contributed by atoms with Gasteiger partial charge >= 0.3 is 0 Å². The Kier molecular flexibility index (Phi) is 3.84. The molecule has 0 bridgehead atoms. The second kappa shape index (κ2) is 5.36. The Morgan fingerprint density at radius 1 is 1.47 bits per heavy atom. The van der Waals surface area contributed by atoms with Crippen LogP contribution in [0.1, 0.15) is 24.4 Å². The molecule has 0 radical (unpaired) electrons. The number of likely N-dealkylation sites (tertiary alicyclic amines) is 1. The van der Waals surface area contributed by atoms with Crippen molar-refractivity contribution in [1.29, 1.82) is 0 Å². The number of amides is 1. The molecule has 2 N–H and O–H groups in total.